The van der Waals surface area contributed by atoms with E-state index in [1.54, 1.807) is 0 Å². The molecule has 118 valence electrons. The summed E-state index contributed by atoms with van der Waals surface area (Å²) in [4.78, 5) is 0. The molecule has 0 bridgehead atoms. The Labute approximate surface area is 127 Å². The van der Waals surface area contributed by atoms with Crippen molar-refractivity contribution in [3.8, 4) is 5.75 Å². The van der Waals surface area contributed by atoms with Crippen LogP contribution in [-0.4, -0.2) is 23.9 Å². The van der Waals surface area contributed by atoms with E-state index in [9.17, 15) is 5.11 Å². The zero-order valence-electron chi connectivity index (χ0n) is 13.2. The van der Waals surface area contributed by atoms with Crippen LogP contribution in [0.3, 0.4) is 0 Å². The third kappa shape index (κ3) is 4.03. The van der Waals surface area contributed by atoms with Crippen LogP contribution in [0.25, 0.3) is 0 Å². The summed E-state index contributed by atoms with van der Waals surface area (Å²) < 4.78 is 5.68. The molecule has 0 amide bonds. The standard InChI is InChI=1S/C17H28N2O2/c1-3-9-21-16-10-14(6-7-15(16)18)19-17(12-20)8-4-5-13(2)11-17/h6-7,10,13,19-20H,3-5,8-9,11-12,18H2,1-2H3. The molecule has 1 fully saturated rings. The van der Waals surface area contributed by atoms with Crippen molar-refractivity contribution in [1.82, 2.24) is 0 Å². The van der Waals surface area contributed by atoms with Gasteiger partial charge in [0, 0.05) is 11.8 Å². The number of ether oxygens (including phenoxy) is 1. The molecule has 0 saturated heterocycles. The highest BCUT2D eigenvalue weighted by atomic mass is 16.5. The SMILES string of the molecule is CCCOc1cc(NC2(CO)CCCC(C)C2)ccc1N. The van der Waals surface area contributed by atoms with Crippen LogP contribution in [0, 0.1) is 5.92 Å². The fourth-order valence-corrected chi connectivity index (χ4v) is 3.21. The van der Waals surface area contributed by atoms with Crippen LogP contribution in [0.5, 0.6) is 5.75 Å². The Balaban J connectivity index is 2.13. The van der Waals surface area contributed by atoms with Crippen molar-refractivity contribution < 1.29 is 9.84 Å². The highest BCUT2D eigenvalue weighted by Crippen LogP contribution is 2.36. The summed E-state index contributed by atoms with van der Waals surface area (Å²) in [5, 5.41) is 13.4. The van der Waals surface area contributed by atoms with Gasteiger partial charge in [-0.25, -0.2) is 0 Å². The zero-order valence-corrected chi connectivity index (χ0v) is 13.2. The van der Waals surface area contributed by atoms with Crippen LogP contribution in [0.4, 0.5) is 11.4 Å². The predicted octanol–water partition coefficient (Wildman–Crippen LogP) is 3.41. The third-order valence-electron chi connectivity index (χ3n) is 4.28. The van der Waals surface area contributed by atoms with Crippen molar-refractivity contribution in [3.63, 3.8) is 0 Å². The summed E-state index contributed by atoms with van der Waals surface area (Å²) in [5.41, 5.74) is 7.36. The minimum Gasteiger partial charge on any atom is -0.491 e. The van der Waals surface area contributed by atoms with Gasteiger partial charge in [-0.1, -0.05) is 26.7 Å². The van der Waals surface area contributed by atoms with Crippen LogP contribution in [0.2, 0.25) is 0 Å². The zero-order chi connectivity index (χ0) is 15.3. The van der Waals surface area contributed by atoms with Crippen LogP contribution < -0.4 is 15.8 Å². The van der Waals surface area contributed by atoms with Crippen LogP contribution in [-0.2, 0) is 0 Å². The Kier molecular flexibility index (Phi) is 5.34. The molecule has 4 N–H and O–H groups in total. The first-order valence-electron chi connectivity index (χ1n) is 8.00. The lowest BCUT2D eigenvalue weighted by atomic mass is 9.76. The van der Waals surface area contributed by atoms with Gasteiger partial charge in [-0.2, -0.15) is 0 Å². The fraction of sp³-hybridized carbons (Fsp3) is 0.647. The number of aliphatic hydroxyl groups excluding tert-OH is 1. The van der Waals surface area contributed by atoms with E-state index in [-0.39, 0.29) is 12.1 Å². The molecule has 0 aromatic heterocycles. The maximum atomic E-state index is 9.87. The molecule has 4 nitrogen and oxygen atoms in total. The molecule has 0 heterocycles. The molecule has 21 heavy (non-hydrogen) atoms. The number of nitrogen functional groups attached to an aromatic ring is 1. The lowest BCUT2D eigenvalue weighted by Crippen LogP contribution is -2.45. The van der Waals surface area contributed by atoms with E-state index in [0.29, 0.717) is 18.2 Å². The van der Waals surface area contributed by atoms with Gasteiger partial charge < -0.3 is 20.9 Å². The van der Waals surface area contributed by atoms with E-state index in [1.807, 2.05) is 18.2 Å². The number of anilines is 2. The maximum absolute atomic E-state index is 9.87. The Morgan fingerprint density at radius 3 is 2.95 bits per heavy atom. The molecule has 1 saturated carbocycles. The van der Waals surface area contributed by atoms with E-state index in [2.05, 4.69) is 19.2 Å². The minimum absolute atomic E-state index is 0.160. The van der Waals surface area contributed by atoms with Gasteiger partial charge in [0.1, 0.15) is 5.75 Å². The molecule has 1 aliphatic rings. The topological polar surface area (TPSA) is 67.5 Å². The summed E-state index contributed by atoms with van der Waals surface area (Å²) in [5.74, 6) is 1.36. The van der Waals surface area contributed by atoms with Gasteiger partial charge in [0.15, 0.2) is 0 Å². The monoisotopic (exact) mass is 292 g/mol. The van der Waals surface area contributed by atoms with Crippen molar-refractivity contribution in [2.45, 2.75) is 51.5 Å². The lowest BCUT2D eigenvalue weighted by molar-refractivity contribution is 0.149. The Morgan fingerprint density at radius 2 is 2.29 bits per heavy atom. The number of hydrogen-bond acceptors (Lipinski definition) is 4. The van der Waals surface area contributed by atoms with Crippen molar-refractivity contribution >= 4 is 11.4 Å². The first-order chi connectivity index (χ1) is 10.1. The molecule has 1 aliphatic carbocycles. The van der Waals surface area contributed by atoms with Gasteiger partial charge in [0.2, 0.25) is 0 Å². The molecular formula is C17H28N2O2. The Bertz CT molecular complexity index is 464. The van der Waals surface area contributed by atoms with Gasteiger partial charge in [0.05, 0.1) is 24.4 Å². The first-order valence-corrected chi connectivity index (χ1v) is 8.00. The van der Waals surface area contributed by atoms with E-state index < -0.39 is 0 Å². The largest absolute Gasteiger partial charge is 0.491 e. The van der Waals surface area contributed by atoms with Gasteiger partial charge in [0.25, 0.3) is 0 Å². The van der Waals surface area contributed by atoms with Gasteiger partial charge in [-0.3, -0.25) is 0 Å². The molecule has 4 heteroatoms. The van der Waals surface area contributed by atoms with Crippen molar-refractivity contribution in [2.24, 2.45) is 5.92 Å². The quantitative estimate of drug-likeness (QED) is 0.703. The van der Waals surface area contributed by atoms with Crippen LogP contribution in [0.1, 0.15) is 46.0 Å². The van der Waals surface area contributed by atoms with Crippen molar-refractivity contribution in [3.05, 3.63) is 18.2 Å². The summed E-state index contributed by atoms with van der Waals surface area (Å²) in [6.45, 7) is 5.15. The summed E-state index contributed by atoms with van der Waals surface area (Å²) >= 11 is 0. The molecule has 2 unspecified atom stereocenters. The highest BCUT2D eigenvalue weighted by molar-refractivity contribution is 5.62. The van der Waals surface area contributed by atoms with Crippen LogP contribution in [0.15, 0.2) is 18.2 Å². The number of hydrogen-bond donors (Lipinski definition) is 3. The van der Waals surface area contributed by atoms with E-state index in [4.69, 9.17) is 10.5 Å². The maximum Gasteiger partial charge on any atom is 0.144 e. The molecule has 0 aliphatic heterocycles. The summed E-state index contributed by atoms with van der Waals surface area (Å²) in [7, 11) is 0. The number of benzene rings is 1. The molecule has 1 aromatic rings. The van der Waals surface area contributed by atoms with Gasteiger partial charge in [-0.15, -0.1) is 0 Å². The number of nitrogens with one attached hydrogen (secondary N) is 1. The van der Waals surface area contributed by atoms with Gasteiger partial charge >= 0.3 is 0 Å². The average molecular weight is 292 g/mol. The minimum atomic E-state index is -0.212. The second-order valence-electron chi connectivity index (χ2n) is 6.37. The second kappa shape index (κ2) is 7.03. The predicted molar refractivity (Wildman–Crippen MR) is 87.7 cm³/mol. The van der Waals surface area contributed by atoms with Gasteiger partial charge in [-0.05, 0) is 37.3 Å². The van der Waals surface area contributed by atoms with E-state index in [0.717, 1.165) is 37.1 Å². The Morgan fingerprint density at radius 1 is 1.48 bits per heavy atom. The van der Waals surface area contributed by atoms with Crippen LogP contribution >= 0.6 is 0 Å². The average Bonchev–Trinajstić information content (AvgIpc) is 2.48. The molecule has 1 aromatic carbocycles. The highest BCUT2D eigenvalue weighted by Gasteiger charge is 2.34. The summed E-state index contributed by atoms with van der Waals surface area (Å²) in [6, 6.07) is 5.77. The number of nitrogens with two attached hydrogens (primary N) is 1. The molecular weight excluding hydrogens is 264 g/mol. The van der Waals surface area contributed by atoms with E-state index >= 15 is 0 Å². The first kappa shape index (κ1) is 16.0. The lowest BCUT2D eigenvalue weighted by Gasteiger charge is -2.40. The molecule has 0 radical (unpaired) electrons. The number of rotatable bonds is 6. The van der Waals surface area contributed by atoms with E-state index in [1.165, 1.54) is 6.42 Å². The summed E-state index contributed by atoms with van der Waals surface area (Å²) in [6.07, 6.45) is 5.36. The molecule has 2 atom stereocenters. The normalized spacial score (nSPS) is 25.6. The fourth-order valence-electron chi connectivity index (χ4n) is 3.21. The smallest absolute Gasteiger partial charge is 0.144 e. The molecule has 2 rings (SSSR count). The van der Waals surface area contributed by atoms with Crippen molar-refractivity contribution in [1.29, 1.82) is 0 Å². The molecule has 0 spiro atoms. The Hall–Kier alpha value is -1.42. The number of aliphatic hydroxyl groups is 1. The third-order valence-corrected chi connectivity index (χ3v) is 4.28. The second-order valence-corrected chi connectivity index (χ2v) is 6.37. The van der Waals surface area contributed by atoms with Crippen molar-refractivity contribution in [2.75, 3.05) is 24.3 Å².